The molecule has 0 bridgehead atoms. The summed E-state index contributed by atoms with van der Waals surface area (Å²) in [4.78, 5) is 14.4. The quantitative estimate of drug-likeness (QED) is 0.762. The van der Waals surface area contributed by atoms with E-state index in [1.54, 1.807) is 22.7 Å². The molecule has 0 spiro atoms. The standard InChI is InChI=1S/C17H14Cl2FNOS/c18-13-5-2-1-4-11(13)17-21(8-9-23-17)16(22)10-12-14(19)6-3-7-15(12)20/h1-7,17H,8-10H2. The van der Waals surface area contributed by atoms with Gasteiger partial charge in [0.2, 0.25) is 5.91 Å². The summed E-state index contributed by atoms with van der Waals surface area (Å²) in [5, 5.41) is 0.773. The Hall–Kier alpha value is -1.23. The number of hydrogen-bond acceptors (Lipinski definition) is 2. The Balaban J connectivity index is 1.83. The maximum atomic E-state index is 13.9. The van der Waals surface area contributed by atoms with E-state index >= 15 is 0 Å². The third-order valence-corrected chi connectivity index (χ3v) is 5.71. The highest BCUT2D eigenvalue weighted by Crippen LogP contribution is 2.41. The smallest absolute Gasteiger partial charge is 0.228 e. The molecule has 0 radical (unpaired) electrons. The zero-order valence-corrected chi connectivity index (χ0v) is 14.5. The molecule has 23 heavy (non-hydrogen) atoms. The molecule has 1 fully saturated rings. The van der Waals surface area contributed by atoms with Crippen molar-refractivity contribution >= 4 is 40.9 Å². The topological polar surface area (TPSA) is 20.3 Å². The van der Waals surface area contributed by atoms with Gasteiger partial charge in [-0.05, 0) is 18.2 Å². The van der Waals surface area contributed by atoms with Crippen molar-refractivity contribution in [2.24, 2.45) is 0 Å². The van der Waals surface area contributed by atoms with Crippen molar-refractivity contribution in [3.05, 3.63) is 69.5 Å². The normalized spacial score (nSPS) is 17.5. The van der Waals surface area contributed by atoms with Gasteiger partial charge in [-0.25, -0.2) is 4.39 Å². The van der Waals surface area contributed by atoms with Crippen molar-refractivity contribution < 1.29 is 9.18 Å². The molecule has 3 rings (SSSR count). The summed E-state index contributed by atoms with van der Waals surface area (Å²) < 4.78 is 13.9. The van der Waals surface area contributed by atoms with E-state index in [0.29, 0.717) is 11.6 Å². The molecule has 1 aliphatic rings. The minimum absolute atomic E-state index is 0.0486. The first-order chi connectivity index (χ1) is 11.1. The Kier molecular flexibility index (Phi) is 5.14. The lowest BCUT2D eigenvalue weighted by Crippen LogP contribution is -2.32. The molecule has 1 atom stereocenters. The van der Waals surface area contributed by atoms with E-state index in [9.17, 15) is 9.18 Å². The lowest BCUT2D eigenvalue weighted by atomic mass is 10.1. The maximum Gasteiger partial charge on any atom is 0.228 e. The van der Waals surface area contributed by atoms with Crippen molar-refractivity contribution in [1.29, 1.82) is 0 Å². The minimum Gasteiger partial charge on any atom is -0.325 e. The molecule has 120 valence electrons. The summed E-state index contributed by atoms with van der Waals surface area (Å²) in [5.74, 6) is 0.228. The highest BCUT2D eigenvalue weighted by atomic mass is 35.5. The van der Waals surface area contributed by atoms with Crippen LogP contribution in [0.4, 0.5) is 4.39 Å². The molecule has 2 aromatic rings. The Morgan fingerprint density at radius 2 is 1.91 bits per heavy atom. The van der Waals surface area contributed by atoms with Gasteiger partial charge in [-0.15, -0.1) is 11.8 Å². The van der Waals surface area contributed by atoms with Gasteiger partial charge in [-0.1, -0.05) is 47.5 Å². The predicted octanol–water partition coefficient (Wildman–Crippen LogP) is 4.95. The number of thioether (sulfide) groups is 1. The fraction of sp³-hybridized carbons (Fsp3) is 0.235. The maximum absolute atomic E-state index is 13.9. The third-order valence-electron chi connectivity index (χ3n) is 3.77. The zero-order chi connectivity index (χ0) is 16.4. The van der Waals surface area contributed by atoms with Crippen LogP contribution in [-0.4, -0.2) is 23.1 Å². The largest absolute Gasteiger partial charge is 0.325 e. The van der Waals surface area contributed by atoms with E-state index in [0.717, 1.165) is 11.3 Å². The Morgan fingerprint density at radius 3 is 2.65 bits per heavy atom. The first kappa shape index (κ1) is 16.6. The Morgan fingerprint density at radius 1 is 1.17 bits per heavy atom. The van der Waals surface area contributed by atoms with Crippen LogP contribution in [-0.2, 0) is 11.2 Å². The summed E-state index contributed by atoms with van der Waals surface area (Å²) in [6.45, 7) is 0.617. The molecule has 0 saturated carbocycles. The molecule has 0 N–H and O–H groups in total. The SMILES string of the molecule is O=C(Cc1c(F)cccc1Cl)N1CCSC1c1ccccc1Cl. The molecule has 2 aromatic carbocycles. The van der Waals surface area contributed by atoms with E-state index in [1.807, 2.05) is 24.3 Å². The number of benzene rings is 2. The summed E-state index contributed by atoms with van der Waals surface area (Å²) in [7, 11) is 0. The highest BCUT2D eigenvalue weighted by Gasteiger charge is 2.32. The van der Waals surface area contributed by atoms with Crippen LogP contribution in [0.2, 0.25) is 10.0 Å². The molecule has 1 amide bonds. The van der Waals surface area contributed by atoms with Gasteiger partial charge in [0, 0.05) is 33.5 Å². The summed E-state index contributed by atoms with van der Waals surface area (Å²) in [5.41, 5.74) is 1.15. The summed E-state index contributed by atoms with van der Waals surface area (Å²) >= 11 is 13.9. The lowest BCUT2D eigenvalue weighted by molar-refractivity contribution is -0.130. The van der Waals surface area contributed by atoms with Gasteiger partial charge < -0.3 is 4.90 Å². The lowest BCUT2D eigenvalue weighted by Gasteiger charge is -2.25. The van der Waals surface area contributed by atoms with E-state index in [2.05, 4.69) is 0 Å². The second-order valence-corrected chi connectivity index (χ2v) is 7.21. The minimum atomic E-state index is -0.452. The van der Waals surface area contributed by atoms with Gasteiger partial charge in [0.05, 0.1) is 6.42 Å². The molecule has 0 aromatic heterocycles. The average Bonchev–Trinajstić information content (AvgIpc) is 3.01. The predicted molar refractivity (Wildman–Crippen MR) is 93.5 cm³/mol. The molecule has 1 heterocycles. The van der Waals surface area contributed by atoms with Crippen molar-refractivity contribution in [3.63, 3.8) is 0 Å². The molecule has 1 aliphatic heterocycles. The average molecular weight is 370 g/mol. The van der Waals surface area contributed by atoms with E-state index in [4.69, 9.17) is 23.2 Å². The second-order valence-electron chi connectivity index (χ2n) is 5.21. The van der Waals surface area contributed by atoms with Crippen LogP contribution in [0.5, 0.6) is 0 Å². The fourth-order valence-corrected chi connectivity index (χ4v) is 4.46. The van der Waals surface area contributed by atoms with Crippen LogP contribution in [0.25, 0.3) is 0 Å². The van der Waals surface area contributed by atoms with E-state index in [1.165, 1.54) is 12.1 Å². The van der Waals surface area contributed by atoms with Crippen molar-refractivity contribution in [2.45, 2.75) is 11.8 Å². The Bertz CT molecular complexity index is 720. The summed E-state index contributed by atoms with van der Waals surface area (Å²) in [6, 6.07) is 11.9. The third kappa shape index (κ3) is 3.49. The molecule has 2 nitrogen and oxygen atoms in total. The second kappa shape index (κ2) is 7.12. The van der Waals surface area contributed by atoms with Crippen molar-refractivity contribution in [2.75, 3.05) is 12.3 Å². The molecular formula is C17H14Cl2FNOS. The number of amides is 1. The fourth-order valence-electron chi connectivity index (χ4n) is 2.61. The van der Waals surface area contributed by atoms with Gasteiger partial charge >= 0.3 is 0 Å². The first-order valence-electron chi connectivity index (χ1n) is 7.16. The van der Waals surface area contributed by atoms with Crippen LogP contribution in [0.15, 0.2) is 42.5 Å². The van der Waals surface area contributed by atoms with Crippen LogP contribution in [0.1, 0.15) is 16.5 Å². The number of carbonyl (C=O) groups excluding carboxylic acids is 1. The van der Waals surface area contributed by atoms with Gasteiger partial charge in [-0.2, -0.15) is 0 Å². The van der Waals surface area contributed by atoms with Gasteiger partial charge in [0.1, 0.15) is 11.2 Å². The zero-order valence-electron chi connectivity index (χ0n) is 12.1. The van der Waals surface area contributed by atoms with Gasteiger partial charge in [0.25, 0.3) is 0 Å². The molecule has 6 heteroatoms. The summed E-state index contributed by atoms with van der Waals surface area (Å²) in [6.07, 6.45) is -0.0486. The first-order valence-corrected chi connectivity index (χ1v) is 8.97. The molecule has 0 aliphatic carbocycles. The van der Waals surface area contributed by atoms with Gasteiger partial charge in [0.15, 0.2) is 0 Å². The van der Waals surface area contributed by atoms with E-state index in [-0.39, 0.29) is 28.3 Å². The number of rotatable bonds is 3. The number of carbonyl (C=O) groups is 1. The monoisotopic (exact) mass is 369 g/mol. The Labute approximate surface area is 148 Å². The molecular weight excluding hydrogens is 356 g/mol. The highest BCUT2D eigenvalue weighted by molar-refractivity contribution is 7.99. The number of nitrogens with zero attached hydrogens (tertiary/aromatic N) is 1. The van der Waals surface area contributed by atoms with Crippen molar-refractivity contribution in [1.82, 2.24) is 4.90 Å². The molecule has 1 saturated heterocycles. The van der Waals surface area contributed by atoms with Crippen LogP contribution in [0, 0.1) is 5.82 Å². The van der Waals surface area contributed by atoms with Crippen molar-refractivity contribution in [3.8, 4) is 0 Å². The van der Waals surface area contributed by atoms with Gasteiger partial charge in [-0.3, -0.25) is 4.79 Å². The molecule has 1 unspecified atom stereocenters. The van der Waals surface area contributed by atoms with Crippen LogP contribution < -0.4 is 0 Å². The number of halogens is 3. The van der Waals surface area contributed by atoms with E-state index < -0.39 is 5.82 Å². The van der Waals surface area contributed by atoms with Crippen LogP contribution in [0.3, 0.4) is 0 Å². The number of hydrogen-bond donors (Lipinski definition) is 0. The van der Waals surface area contributed by atoms with Crippen LogP contribution >= 0.6 is 35.0 Å².